The van der Waals surface area contributed by atoms with Crippen molar-refractivity contribution in [2.24, 2.45) is 7.05 Å². The number of hydrogen-bond acceptors (Lipinski definition) is 7. The molecule has 1 unspecified atom stereocenters. The number of nitrogens with one attached hydrogen (secondary N) is 1. The zero-order valence-electron chi connectivity index (χ0n) is 20.3. The molecule has 0 aliphatic carbocycles. The third-order valence-corrected chi connectivity index (χ3v) is 7.55. The van der Waals surface area contributed by atoms with Crippen molar-refractivity contribution in [1.82, 2.24) is 15.1 Å². The molecule has 0 bridgehead atoms. The van der Waals surface area contributed by atoms with Gasteiger partial charge >= 0.3 is 5.97 Å². The van der Waals surface area contributed by atoms with Crippen LogP contribution in [0.2, 0.25) is 0 Å². The number of benzene rings is 2. The lowest BCUT2D eigenvalue weighted by molar-refractivity contribution is -0.146. The van der Waals surface area contributed by atoms with Crippen molar-refractivity contribution >= 4 is 21.7 Å². The first-order chi connectivity index (χ1) is 16.9. The van der Waals surface area contributed by atoms with Crippen LogP contribution in [0.25, 0.3) is 11.3 Å². The third-order valence-electron chi connectivity index (χ3n) is 5.50. The van der Waals surface area contributed by atoms with Crippen LogP contribution in [0.1, 0.15) is 42.9 Å². The van der Waals surface area contributed by atoms with Crippen LogP contribution in [0.4, 0.5) is 4.39 Å². The molecule has 3 aromatic rings. The summed E-state index contributed by atoms with van der Waals surface area (Å²) in [7, 11) is -2.41. The molecular weight excluding hydrogens is 489 g/mol. The number of aromatic nitrogens is 2. The number of aliphatic hydroxyl groups is 1. The number of amides is 1. The molecule has 0 spiro atoms. The van der Waals surface area contributed by atoms with Gasteiger partial charge in [0.25, 0.3) is 5.91 Å². The summed E-state index contributed by atoms with van der Waals surface area (Å²) in [5.41, 5.74) is 1.78. The lowest BCUT2D eigenvalue weighted by Gasteiger charge is -2.18. The lowest BCUT2D eigenvalue weighted by atomic mass is 10.1. The average Bonchev–Trinajstić information content (AvgIpc) is 3.23. The van der Waals surface area contributed by atoms with Gasteiger partial charge in [-0.05, 0) is 68.8 Å². The van der Waals surface area contributed by atoms with Gasteiger partial charge in [0, 0.05) is 12.6 Å². The molecule has 3 rings (SSSR count). The molecular formula is C25H28FN3O6S. The van der Waals surface area contributed by atoms with E-state index in [0.717, 1.165) is 0 Å². The van der Waals surface area contributed by atoms with E-state index in [4.69, 9.17) is 4.74 Å². The first-order valence-electron chi connectivity index (χ1n) is 11.2. The van der Waals surface area contributed by atoms with Gasteiger partial charge in [0.05, 0.1) is 29.3 Å². The van der Waals surface area contributed by atoms with Crippen LogP contribution >= 0.6 is 0 Å². The van der Waals surface area contributed by atoms with Crippen molar-refractivity contribution in [3.05, 3.63) is 71.7 Å². The van der Waals surface area contributed by atoms with Crippen molar-refractivity contribution in [3.63, 3.8) is 0 Å². The molecule has 36 heavy (non-hydrogen) atoms. The minimum absolute atomic E-state index is 0.0851. The van der Waals surface area contributed by atoms with Crippen LogP contribution in [-0.2, 0) is 26.4 Å². The highest BCUT2D eigenvalue weighted by Gasteiger charge is 2.32. The van der Waals surface area contributed by atoms with Crippen molar-refractivity contribution in [2.45, 2.75) is 43.1 Å². The molecule has 0 saturated carbocycles. The van der Waals surface area contributed by atoms with E-state index in [1.54, 1.807) is 39.1 Å². The van der Waals surface area contributed by atoms with Crippen molar-refractivity contribution in [1.29, 1.82) is 0 Å². The molecule has 11 heteroatoms. The summed E-state index contributed by atoms with van der Waals surface area (Å²) in [5.74, 6) is -1.74. The zero-order chi connectivity index (χ0) is 26.6. The van der Waals surface area contributed by atoms with E-state index < -0.39 is 45.7 Å². The predicted octanol–water partition coefficient (Wildman–Crippen LogP) is 2.80. The first-order valence-corrected chi connectivity index (χ1v) is 12.7. The topological polar surface area (TPSA) is 128 Å². The molecule has 1 heterocycles. The van der Waals surface area contributed by atoms with Crippen LogP contribution in [0, 0.1) is 5.82 Å². The van der Waals surface area contributed by atoms with Gasteiger partial charge in [-0.3, -0.25) is 14.3 Å². The summed E-state index contributed by atoms with van der Waals surface area (Å²) in [4.78, 5) is 24.9. The maximum absolute atomic E-state index is 13.2. The molecule has 0 saturated heterocycles. The Morgan fingerprint density at radius 3 is 2.25 bits per heavy atom. The van der Waals surface area contributed by atoms with Crippen LogP contribution in [0.5, 0.6) is 0 Å². The van der Waals surface area contributed by atoms with E-state index >= 15 is 0 Å². The van der Waals surface area contributed by atoms with Gasteiger partial charge in [0.15, 0.2) is 15.1 Å². The smallest absolute Gasteiger partial charge is 0.324 e. The number of ether oxygens (including phenoxy) is 1. The van der Waals surface area contributed by atoms with Crippen LogP contribution in [-0.4, -0.2) is 53.1 Å². The molecule has 0 radical (unpaired) electrons. The van der Waals surface area contributed by atoms with Gasteiger partial charge in [0.2, 0.25) is 0 Å². The Labute approximate surface area is 208 Å². The van der Waals surface area contributed by atoms with E-state index in [-0.39, 0.29) is 16.4 Å². The number of carbonyl (C=O) groups is 2. The SMILES string of the molecule is CC(C)OC(=O)C(C)S(=O)(=O)c1ccc([C@@H](CO)NC(=O)c2cc(-c3ccc(F)cc3)nn2C)cc1. The molecule has 1 aromatic heterocycles. The quantitative estimate of drug-likeness (QED) is 0.418. The number of rotatable bonds is 9. The van der Waals surface area contributed by atoms with Gasteiger partial charge < -0.3 is 15.2 Å². The summed E-state index contributed by atoms with van der Waals surface area (Å²) in [6, 6.07) is 12.0. The highest BCUT2D eigenvalue weighted by molar-refractivity contribution is 7.92. The summed E-state index contributed by atoms with van der Waals surface area (Å²) in [6.45, 7) is 4.07. The molecule has 2 atom stereocenters. The number of halogens is 1. The van der Waals surface area contributed by atoms with Gasteiger partial charge in [-0.15, -0.1) is 0 Å². The fourth-order valence-corrected chi connectivity index (χ4v) is 4.69. The molecule has 9 nitrogen and oxygen atoms in total. The second kappa shape index (κ2) is 11.0. The summed E-state index contributed by atoms with van der Waals surface area (Å²) in [5, 5.41) is 15.5. The predicted molar refractivity (Wildman–Crippen MR) is 130 cm³/mol. The maximum atomic E-state index is 13.2. The molecule has 0 fully saturated rings. The van der Waals surface area contributed by atoms with E-state index in [1.807, 2.05) is 0 Å². The molecule has 192 valence electrons. The number of carbonyl (C=O) groups excluding carboxylic acids is 2. The first kappa shape index (κ1) is 27.0. The summed E-state index contributed by atoms with van der Waals surface area (Å²) >= 11 is 0. The van der Waals surface area contributed by atoms with E-state index in [1.165, 1.54) is 48.0 Å². The van der Waals surface area contributed by atoms with Crippen LogP contribution in [0.15, 0.2) is 59.5 Å². The standard InChI is InChI=1S/C25H28FN3O6S/c1-15(2)35-25(32)16(3)36(33,34)20-11-7-18(8-12-20)22(14-30)27-24(31)23-13-21(28-29(23)4)17-5-9-19(26)10-6-17/h5-13,15-16,22,30H,14H2,1-4H3,(H,27,31)/t16?,22-/m1/s1. The van der Waals surface area contributed by atoms with Gasteiger partial charge in [-0.1, -0.05) is 12.1 Å². The molecule has 2 aromatic carbocycles. The summed E-state index contributed by atoms with van der Waals surface area (Å²) < 4.78 is 45.2. The van der Waals surface area contributed by atoms with E-state index in [0.29, 0.717) is 16.8 Å². The zero-order valence-corrected chi connectivity index (χ0v) is 21.1. The minimum Gasteiger partial charge on any atom is -0.462 e. The maximum Gasteiger partial charge on any atom is 0.324 e. The number of aryl methyl sites for hydroxylation is 1. The summed E-state index contributed by atoms with van der Waals surface area (Å²) in [6.07, 6.45) is -0.447. The van der Waals surface area contributed by atoms with Gasteiger partial charge in [-0.2, -0.15) is 5.10 Å². The number of esters is 1. The van der Waals surface area contributed by atoms with Crippen molar-refractivity contribution < 1.29 is 32.2 Å². The fraction of sp³-hybridized carbons (Fsp3) is 0.320. The second-order valence-electron chi connectivity index (χ2n) is 8.50. The van der Waals surface area contributed by atoms with Crippen LogP contribution < -0.4 is 5.32 Å². The Balaban J connectivity index is 1.76. The minimum atomic E-state index is -3.99. The Morgan fingerprint density at radius 2 is 1.69 bits per heavy atom. The van der Waals surface area contributed by atoms with E-state index in [9.17, 15) is 27.5 Å². The van der Waals surface area contributed by atoms with Crippen LogP contribution in [0.3, 0.4) is 0 Å². The lowest BCUT2D eigenvalue weighted by Crippen LogP contribution is -2.32. The third kappa shape index (κ3) is 5.97. The average molecular weight is 518 g/mol. The fourth-order valence-electron chi connectivity index (χ4n) is 3.46. The number of sulfone groups is 1. The Bertz CT molecular complexity index is 1340. The Morgan fingerprint density at radius 1 is 1.08 bits per heavy atom. The number of aliphatic hydroxyl groups excluding tert-OH is 1. The number of hydrogen-bond donors (Lipinski definition) is 2. The molecule has 0 aliphatic heterocycles. The highest BCUT2D eigenvalue weighted by atomic mass is 32.2. The largest absolute Gasteiger partial charge is 0.462 e. The van der Waals surface area contributed by atoms with Crippen molar-refractivity contribution in [2.75, 3.05) is 6.61 Å². The second-order valence-corrected chi connectivity index (χ2v) is 10.8. The number of nitrogens with zero attached hydrogens (tertiary/aromatic N) is 2. The monoisotopic (exact) mass is 517 g/mol. The molecule has 0 aliphatic rings. The van der Waals surface area contributed by atoms with Gasteiger partial charge in [0.1, 0.15) is 11.5 Å². The van der Waals surface area contributed by atoms with E-state index in [2.05, 4.69) is 10.4 Å². The highest BCUT2D eigenvalue weighted by Crippen LogP contribution is 2.23. The molecule has 2 N–H and O–H groups in total. The van der Waals surface area contributed by atoms with Crippen molar-refractivity contribution in [3.8, 4) is 11.3 Å². The molecule has 1 amide bonds. The Hall–Kier alpha value is -3.57. The van der Waals surface area contributed by atoms with Gasteiger partial charge in [-0.25, -0.2) is 12.8 Å². The Kier molecular flexibility index (Phi) is 8.26. The normalized spacial score (nSPS) is 13.3.